The molecule has 6 heterocycles. The Labute approximate surface area is 360 Å². The van der Waals surface area contributed by atoms with Crippen LogP contribution in [-0.2, 0) is 32.8 Å². The number of alkyl halides is 1. The van der Waals surface area contributed by atoms with E-state index in [0.29, 0.717) is 37.1 Å². The lowest BCUT2D eigenvalue weighted by atomic mass is 9.99. The third-order valence-corrected chi connectivity index (χ3v) is 13.7. The highest BCUT2D eigenvalue weighted by Crippen LogP contribution is 2.33. The number of aliphatic hydroxyl groups excluding tert-OH is 1. The second-order valence-electron chi connectivity index (χ2n) is 16.4. The minimum atomic E-state index is -4.37. The van der Waals surface area contributed by atoms with Gasteiger partial charge in [0.1, 0.15) is 23.7 Å². The first-order valence-electron chi connectivity index (χ1n) is 20.7. The van der Waals surface area contributed by atoms with Crippen LogP contribution in [0, 0.1) is 11.6 Å². The maximum atomic E-state index is 15.7. The summed E-state index contributed by atoms with van der Waals surface area (Å²) >= 11 is 0. The first-order chi connectivity index (χ1) is 30.2. The number of pyridine rings is 1. The average Bonchev–Trinajstić information content (AvgIpc) is 3.99. The van der Waals surface area contributed by atoms with Gasteiger partial charge in [0.2, 0.25) is 17.6 Å². The van der Waals surface area contributed by atoms with Crippen LogP contribution < -0.4 is 14.9 Å². The molecule has 0 saturated carbocycles. The van der Waals surface area contributed by atoms with Crippen LogP contribution in [0.4, 0.5) is 24.5 Å². The first-order valence-corrected chi connectivity index (χ1v) is 22.1. The minimum Gasteiger partial charge on any atom is -0.391 e. The molecule has 0 aliphatic carbocycles. The molecule has 0 radical (unpaired) electrons. The number of piperazine rings is 1. The summed E-state index contributed by atoms with van der Waals surface area (Å²) < 4.78 is 72.9. The van der Waals surface area contributed by atoms with E-state index in [1.165, 1.54) is 6.20 Å². The van der Waals surface area contributed by atoms with E-state index < -0.39 is 69.6 Å². The quantitative estimate of drug-likeness (QED) is 0.106. The number of piperidine rings is 1. The number of β-amino-alcohol motifs (C(OH)–C–C–N with tert-alkyl or cyclic N) is 1. The van der Waals surface area contributed by atoms with Crippen molar-refractivity contribution in [2.75, 3.05) is 55.4 Å². The van der Waals surface area contributed by atoms with E-state index in [0.717, 1.165) is 65.0 Å². The second-order valence-corrected chi connectivity index (χ2v) is 18.0. The number of halogens is 3. The Morgan fingerprint density at radius 3 is 2.46 bits per heavy atom. The molecule has 3 fully saturated rings. The van der Waals surface area contributed by atoms with Crippen molar-refractivity contribution < 1.29 is 45.9 Å². The molecule has 5 aromatic rings. The minimum absolute atomic E-state index is 0.00874. The number of hydrogen-bond acceptors (Lipinski definition) is 10. The van der Waals surface area contributed by atoms with E-state index in [9.17, 15) is 37.1 Å². The molecule has 0 bridgehead atoms. The average molecular weight is 885 g/mol. The Bertz CT molecular complexity index is 2760. The molecule has 4 aliphatic heterocycles. The fourth-order valence-electron chi connectivity index (χ4n) is 8.85. The van der Waals surface area contributed by atoms with Gasteiger partial charge < -0.3 is 19.9 Å². The summed E-state index contributed by atoms with van der Waals surface area (Å²) in [4.78, 5) is 64.1. The van der Waals surface area contributed by atoms with Gasteiger partial charge in [-0.25, -0.2) is 18.2 Å². The summed E-state index contributed by atoms with van der Waals surface area (Å²) in [5, 5.41) is 13.7. The van der Waals surface area contributed by atoms with Gasteiger partial charge in [-0.1, -0.05) is 24.3 Å². The largest absolute Gasteiger partial charge is 0.391 e. The van der Waals surface area contributed by atoms with Crippen LogP contribution in [0.1, 0.15) is 56.7 Å². The van der Waals surface area contributed by atoms with Crippen LogP contribution in [0.3, 0.4) is 0 Å². The molecule has 19 heteroatoms. The molecule has 3 atom stereocenters. The van der Waals surface area contributed by atoms with Gasteiger partial charge in [-0.05, 0) is 72.4 Å². The molecule has 3 saturated heterocycles. The van der Waals surface area contributed by atoms with Crippen molar-refractivity contribution in [2.24, 2.45) is 0 Å². The number of ketones is 1. The monoisotopic (exact) mass is 884 g/mol. The summed E-state index contributed by atoms with van der Waals surface area (Å²) in [6, 6.07) is 15.9. The highest BCUT2D eigenvalue weighted by molar-refractivity contribution is 7.90. The number of fused-ring (bicyclic) bond motifs is 2. The summed E-state index contributed by atoms with van der Waals surface area (Å²) in [5.41, 5.74) is 3.24. The maximum Gasteiger partial charge on any atom is 0.301 e. The number of aromatic amines is 1. The Morgan fingerprint density at radius 1 is 0.952 bits per heavy atom. The van der Waals surface area contributed by atoms with E-state index in [-0.39, 0.29) is 47.8 Å². The van der Waals surface area contributed by atoms with E-state index in [1.54, 1.807) is 23.2 Å². The van der Waals surface area contributed by atoms with Crippen molar-refractivity contribution in [3.63, 3.8) is 0 Å². The molecule has 9 rings (SSSR count). The Morgan fingerprint density at radius 2 is 1.73 bits per heavy atom. The van der Waals surface area contributed by atoms with Gasteiger partial charge in [0.25, 0.3) is 5.91 Å². The number of amides is 3. The Kier molecular flexibility index (Phi) is 11.3. The zero-order valence-electron chi connectivity index (χ0n) is 33.8. The van der Waals surface area contributed by atoms with Crippen molar-refractivity contribution in [1.29, 1.82) is 0 Å². The molecular weight excluding hydrogens is 842 g/mol. The number of aromatic nitrogens is 2. The Hall–Kier alpha value is -6.15. The Balaban J connectivity index is 0.805. The van der Waals surface area contributed by atoms with Crippen molar-refractivity contribution in [2.45, 2.75) is 50.5 Å². The molecule has 3 aromatic carbocycles. The van der Waals surface area contributed by atoms with Crippen LogP contribution in [0.5, 0.6) is 0 Å². The van der Waals surface area contributed by atoms with E-state index in [4.69, 9.17) is 0 Å². The summed E-state index contributed by atoms with van der Waals surface area (Å²) in [6.07, 6.45) is 1.77. The highest BCUT2D eigenvalue weighted by atomic mass is 32.2. The fourth-order valence-corrected chi connectivity index (χ4v) is 10.1. The van der Waals surface area contributed by atoms with Crippen LogP contribution in [0.25, 0.3) is 22.2 Å². The number of carbonyl (C=O) groups excluding carboxylic acids is 4. The molecule has 3 amide bonds. The third kappa shape index (κ3) is 8.40. The summed E-state index contributed by atoms with van der Waals surface area (Å²) in [6.45, 7) is 3.15. The van der Waals surface area contributed by atoms with Gasteiger partial charge in [0, 0.05) is 98.9 Å². The predicted octanol–water partition coefficient (Wildman–Crippen LogP) is 3.93. The van der Waals surface area contributed by atoms with Gasteiger partial charge in [-0.2, -0.15) is 12.7 Å². The normalized spacial score (nSPS) is 20.3. The lowest BCUT2D eigenvalue weighted by Gasteiger charge is -2.37. The maximum absolute atomic E-state index is 15.7. The van der Waals surface area contributed by atoms with Gasteiger partial charge in [-0.15, -0.1) is 0 Å². The van der Waals surface area contributed by atoms with E-state index in [2.05, 4.69) is 25.1 Å². The van der Waals surface area contributed by atoms with Crippen molar-refractivity contribution in [3.8, 4) is 11.1 Å². The van der Waals surface area contributed by atoms with Crippen LogP contribution in [-0.4, -0.2) is 125 Å². The van der Waals surface area contributed by atoms with Gasteiger partial charge in [-0.3, -0.25) is 34.1 Å². The molecule has 15 nitrogen and oxygen atoms in total. The number of benzene rings is 3. The summed E-state index contributed by atoms with van der Waals surface area (Å²) in [5.74, 6) is -4.61. The molecule has 0 spiro atoms. The van der Waals surface area contributed by atoms with Crippen molar-refractivity contribution in [1.82, 2.24) is 29.4 Å². The van der Waals surface area contributed by atoms with Crippen LogP contribution in [0.15, 0.2) is 73.1 Å². The van der Waals surface area contributed by atoms with Gasteiger partial charge in [0.15, 0.2) is 5.82 Å². The predicted molar refractivity (Wildman–Crippen MR) is 226 cm³/mol. The smallest absolute Gasteiger partial charge is 0.301 e. The molecule has 63 heavy (non-hydrogen) atoms. The van der Waals surface area contributed by atoms with Gasteiger partial charge in [0.05, 0.1) is 17.4 Å². The lowest BCUT2D eigenvalue weighted by Crippen LogP contribution is -2.52. The van der Waals surface area contributed by atoms with Crippen LogP contribution >= 0.6 is 0 Å². The number of rotatable bonds is 12. The third-order valence-electron chi connectivity index (χ3n) is 12.2. The second kappa shape index (κ2) is 16.9. The lowest BCUT2D eigenvalue weighted by molar-refractivity contribution is -0.136. The number of imide groups is 1. The van der Waals surface area contributed by atoms with Crippen LogP contribution in [0.2, 0.25) is 0 Å². The number of aliphatic hydroxyl groups is 1. The zero-order chi connectivity index (χ0) is 44.2. The SMILES string of the molecule is O=C1CCC(N2Cc3cc(N4CCN(C[C@@H](O)Cc5ccc(-c6cnc7[nH]cc(C(=O)c8c(F)ccc(NS(=O)(=O)N9CC[C@@H](F)C9)c8F)c7c6)cc5)CC4)ccc3C2=O)C(=O)N1. The molecular formula is C44H43F3N8O7S. The molecule has 328 valence electrons. The van der Waals surface area contributed by atoms with E-state index >= 15 is 8.78 Å². The number of anilines is 2. The molecule has 1 unspecified atom stereocenters. The van der Waals surface area contributed by atoms with Crippen molar-refractivity contribution in [3.05, 3.63) is 113 Å². The molecule has 4 aliphatic rings. The number of carbonyl (C=O) groups is 4. The molecule has 4 N–H and O–H groups in total. The number of H-pyrrole nitrogens is 1. The van der Waals surface area contributed by atoms with Gasteiger partial charge >= 0.3 is 10.2 Å². The fraction of sp³-hybridized carbons (Fsp3) is 0.341. The van der Waals surface area contributed by atoms with E-state index in [1.807, 2.05) is 41.1 Å². The van der Waals surface area contributed by atoms with Crippen molar-refractivity contribution >= 4 is 56.1 Å². The highest BCUT2D eigenvalue weighted by Gasteiger charge is 2.39. The molecule has 2 aromatic heterocycles. The zero-order valence-corrected chi connectivity index (χ0v) is 34.6. The first kappa shape index (κ1) is 42.2. The topological polar surface area (TPSA) is 188 Å². The summed E-state index contributed by atoms with van der Waals surface area (Å²) in [7, 11) is -4.37. The number of nitrogens with zero attached hydrogens (tertiary/aromatic N) is 5. The number of nitrogens with one attached hydrogen (secondary N) is 3. The standard InChI is InChI=1S/C44H43F3N8O7S/c45-29-11-12-54(23-29)63(61,62)51-36-8-7-35(46)39(40(36)47)41(58)34-21-49-42-33(34)19-27(20-48-42)26-3-1-25(2-4-26)17-31(56)24-52-13-15-53(16-14-52)30-5-6-32-28(18-30)22-55(44(32)60)37-9-10-38(57)50-43(37)59/h1-8,18-21,29,31,37,51,56H,9-17,22-24H2,(H,48,49)(H,50,57,59)/t29-,31+,37?/m1/s1. The number of hydrogen-bond donors (Lipinski definition) is 4.